The van der Waals surface area contributed by atoms with E-state index in [0.29, 0.717) is 28.4 Å². The summed E-state index contributed by atoms with van der Waals surface area (Å²) in [5.41, 5.74) is -0.125. The van der Waals surface area contributed by atoms with E-state index >= 15 is 0 Å². The number of furan rings is 2. The Labute approximate surface area is 133 Å². The van der Waals surface area contributed by atoms with E-state index in [9.17, 15) is 9.90 Å². The number of aliphatic hydroxyl groups is 1. The van der Waals surface area contributed by atoms with Crippen molar-refractivity contribution in [2.24, 2.45) is 0 Å². The van der Waals surface area contributed by atoms with Crippen molar-refractivity contribution in [3.8, 4) is 0 Å². The molecule has 3 aromatic rings. The van der Waals surface area contributed by atoms with E-state index in [0.717, 1.165) is 5.39 Å². The van der Waals surface area contributed by atoms with Gasteiger partial charge >= 0.3 is 0 Å². The van der Waals surface area contributed by atoms with Crippen LogP contribution >= 0.6 is 0 Å². The van der Waals surface area contributed by atoms with E-state index in [1.165, 1.54) is 0 Å². The number of carbonyl (C=O) groups is 1. The molecule has 0 saturated heterocycles. The van der Waals surface area contributed by atoms with E-state index in [2.05, 4.69) is 5.32 Å². The molecule has 23 heavy (non-hydrogen) atoms. The SMILES string of the molecule is Cc1cc(C(=O)NC[C@@](C)(O)c2cc3ccccc3o2)c(C)o1. The fourth-order valence-electron chi connectivity index (χ4n) is 2.54. The highest BCUT2D eigenvalue weighted by molar-refractivity contribution is 5.95. The van der Waals surface area contributed by atoms with Gasteiger partial charge in [-0.25, -0.2) is 0 Å². The first-order chi connectivity index (χ1) is 10.9. The van der Waals surface area contributed by atoms with E-state index in [1.807, 2.05) is 24.3 Å². The number of hydrogen-bond acceptors (Lipinski definition) is 4. The highest BCUT2D eigenvalue weighted by atomic mass is 16.4. The molecule has 2 N–H and O–H groups in total. The van der Waals surface area contributed by atoms with Crippen molar-refractivity contribution in [2.75, 3.05) is 6.54 Å². The van der Waals surface area contributed by atoms with E-state index in [-0.39, 0.29) is 12.5 Å². The molecular formula is C18H19NO4. The van der Waals surface area contributed by atoms with Crippen molar-refractivity contribution in [3.05, 3.63) is 59.2 Å². The van der Waals surface area contributed by atoms with Crippen LogP contribution in [0, 0.1) is 13.8 Å². The molecule has 0 bridgehead atoms. The minimum atomic E-state index is -1.30. The standard InChI is InChI=1S/C18H19NO4/c1-11-8-14(12(2)22-11)17(20)19-10-18(3,21)16-9-13-6-4-5-7-15(13)23-16/h4-9,21H,10H2,1-3H3,(H,19,20)/t18-/m1/s1. The fourth-order valence-corrected chi connectivity index (χ4v) is 2.54. The Morgan fingerprint density at radius 3 is 2.61 bits per heavy atom. The van der Waals surface area contributed by atoms with Crippen molar-refractivity contribution < 1.29 is 18.7 Å². The quantitative estimate of drug-likeness (QED) is 0.775. The Morgan fingerprint density at radius 1 is 1.22 bits per heavy atom. The summed E-state index contributed by atoms with van der Waals surface area (Å²) in [6.07, 6.45) is 0. The zero-order valence-electron chi connectivity index (χ0n) is 13.3. The third-order valence-corrected chi connectivity index (χ3v) is 3.84. The lowest BCUT2D eigenvalue weighted by Crippen LogP contribution is -2.38. The number of fused-ring (bicyclic) bond motifs is 1. The van der Waals surface area contributed by atoms with E-state index in [4.69, 9.17) is 8.83 Å². The average molecular weight is 313 g/mol. The lowest BCUT2D eigenvalue weighted by Gasteiger charge is -2.21. The zero-order valence-corrected chi connectivity index (χ0v) is 13.3. The van der Waals surface area contributed by atoms with Gasteiger partial charge in [0.1, 0.15) is 28.5 Å². The van der Waals surface area contributed by atoms with Crippen molar-refractivity contribution in [1.29, 1.82) is 0 Å². The molecule has 0 aliphatic rings. The Bertz CT molecular complexity index is 824. The predicted octanol–water partition coefficient (Wildman–Crippen LogP) is 3.28. The van der Waals surface area contributed by atoms with Crippen LogP contribution in [0.15, 0.2) is 45.2 Å². The molecule has 1 atom stereocenters. The summed E-state index contributed by atoms with van der Waals surface area (Å²) in [4.78, 5) is 12.2. The summed E-state index contributed by atoms with van der Waals surface area (Å²) in [5, 5.41) is 14.3. The molecule has 120 valence electrons. The first-order valence-electron chi connectivity index (χ1n) is 7.43. The minimum Gasteiger partial charge on any atom is -0.466 e. The highest BCUT2D eigenvalue weighted by Crippen LogP contribution is 2.27. The predicted molar refractivity (Wildman–Crippen MR) is 86.3 cm³/mol. The Morgan fingerprint density at radius 2 is 1.96 bits per heavy atom. The van der Waals surface area contributed by atoms with Crippen LogP contribution in [-0.4, -0.2) is 17.6 Å². The summed E-state index contributed by atoms with van der Waals surface area (Å²) in [5.74, 6) is 1.37. The first-order valence-corrected chi connectivity index (χ1v) is 7.43. The zero-order chi connectivity index (χ0) is 16.6. The fraction of sp³-hybridized carbons (Fsp3) is 0.278. The van der Waals surface area contributed by atoms with Crippen molar-refractivity contribution in [2.45, 2.75) is 26.4 Å². The van der Waals surface area contributed by atoms with Gasteiger partial charge in [-0.2, -0.15) is 0 Å². The van der Waals surface area contributed by atoms with Crippen LogP contribution in [0.3, 0.4) is 0 Å². The van der Waals surface area contributed by atoms with Crippen LogP contribution in [-0.2, 0) is 5.60 Å². The Kier molecular flexibility index (Phi) is 3.74. The van der Waals surface area contributed by atoms with Crippen LogP contribution in [0.5, 0.6) is 0 Å². The Hall–Kier alpha value is -2.53. The summed E-state index contributed by atoms with van der Waals surface area (Å²) >= 11 is 0. The first kappa shape index (κ1) is 15.4. The third kappa shape index (κ3) is 3.00. The molecule has 0 aliphatic carbocycles. The molecule has 1 amide bonds. The molecule has 0 spiro atoms. The monoisotopic (exact) mass is 313 g/mol. The second kappa shape index (κ2) is 5.59. The molecule has 3 rings (SSSR count). The number of amides is 1. The van der Waals surface area contributed by atoms with Gasteiger partial charge in [-0.1, -0.05) is 18.2 Å². The van der Waals surface area contributed by atoms with Crippen molar-refractivity contribution in [3.63, 3.8) is 0 Å². The smallest absolute Gasteiger partial charge is 0.254 e. The number of carbonyl (C=O) groups excluding carboxylic acids is 1. The lowest BCUT2D eigenvalue weighted by molar-refractivity contribution is 0.0344. The van der Waals surface area contributed by atoms with Gasteiger partial charge in [0.05, 0.1) is 12.1 Å². The second-order valence-electron chi connectivity index (χ2n) is 5.93. The number of para-hydroxylation sites is 1. The lowest BCUT2D eigenvalue weighted by atomic mass is 10.0. The maximum Gasteiger partial charge on any atom is 0.254 e. The molecule has 2 heterocycles. The molecule has 1 aromatic carbocycles. The number of aryl methyl sites for hydroxylation is 2. The molecule has 5 heteroatoms. The molecule has 0 unspecified atom stereocenters. The maximum absolute atomic E-state index is 12.2. The van der Waals surface area contributed by atoms with Crippen LogP contribution in [0.4, 0.5) is 0 Å². The summed E-state index contributed by atoms with van der Waals surface area (Å²) < 4.78 is 11.0. The minimum absolute atomic E-state index is 0.0370. The van der Waals surface area contributed by atoms with Gasteiger partial charge in [0.15, 0.2) is 0 Å². The van der Waals surface area contributed by atoms with E-state index < -0.39 is 5.60 Å². The summed E-state index contributed by atoms with van der Waals surface area (Å²) in [7, 11) is 0. The van der Waals surface area contributed by atoms with Gasteiger partial charge in [0, 0.05) is 5.39 Å². The second-order valence-corrected chi connectivity index (χ2v) is 5.93. The molecule has 0 aliphatic heterocycles. The van der Waals surface area contributed by atoms with Crippen LogP contribution in [0.25, 0.3) is 11.0 Å². The van der Waals surface area contributed by atoms with Gasteiger partial charge in [-0.3, -0.25) is 4.79 Å². The third-order valence-electron chi connectivity index (χ3n) is 3.84. The molecule has 2 aromatic heterocycles. The topological polar surface area (TPSA) is 75.6 Å². The van der Waals surface area contributed by atoms with Crippen LogP contribution < -0.4 is 5.32 Å². The number of benzene rings is 1. The molecule has 0 radical (unpaired) electrons. The summed E-state index contributed by atoms with van der Waals surface area (Å²) in [6.45, 7) is 5.17. The van der Waals surface area contributed by atoms with Gasteiger partial charge in [-0.05, 0) is 39.0 Å². The molecular weight excluding hydrogens is 294 g/mol. The van der Waals surface area contributed by atoms with Crippen LogP contribution in [0.2, 0.25) is 0 Å². The van der Waals surface area contributed by atoms with Gasteiger partial charge in [0.25, 0.3) is 5.91 Å². The molecule has 5 nitrogen and oxygen atoms in total. The van der Waals surface area contributed by atoms with Gasteiger partial charge in [-0.15, -0.1) is 0 Å². The van der Waals surface area contributed by atoms with Gasteiger partial charge < -0.3 is 19.3 Å². The van der Waals surface area contributed by atoms with Crippen molar-refractivity contribution in [1.82, 2.24) is 5.32 Å². The number of nitrogens with one attached hydrogen (secondary N) is 1. The van der Waals surface area contributed by atoms with Crippen molar-refractivity contribution >= 4 is 16.9 Å². The Balaban J connectivity index is 1.75. The highest BCUT2D eigenvalue weighted by Gasteiger charge is 2.28. The largest absolute Gasteiger partial charge is 0.466 e. The number of hydrogen-bond donors (Lipinski definition) is 2. The normalized spacial score (nSPS) is 13.9. The number of rotatable bonds is 4. The molecule has 0 fully saturated rings. The van der Waals surface area contributed by atoms with E-state index in [1.54, 1.807) is 32.9 Å². The summed E-state index contributed by atoms with van der Waals surface area (Å²) in [6, 6.07) is 11.0. The average Bonchev–Trinajstić information content (AvgIpc) is 3.08. The molecule has 0 saturated carbocycles. The van der Waals surface area contributed by atoms with Crippen LogP contribution in [0.1, 0.15) is 34.6 Å². The maximum atomic E-state index is 12.2. The van der Waals surface area contributed by atoms with Gasteiger partial charge in [0.2, 0.25) is 0 Å².